The third kappa shape index (κ3) is 2.95. The summed E-state index contributed by atoms with van der Waals surface area (Å²) in [7, 11) is 0. The van der Waals surface area contributed by atoms with Gasteiger partial charge in [-0.25, -0.2) is 9.48 Å². The number of nitrogens with zero attached hydrogens (tertiary/aromatic N) is 2. The second-order valence-electron chi connectivity index (χ2n) is 5.83. The highest BCUT2D eigenvalue weighted by Crippen LogP contribution is 2.29. The minimum atomic E-state index is -0.901. The number of esters is 1. The Morgan fingerprint density at radius 1 is 1.19 bits per heavy atom. The summed E-state index contributed by atoms with van der Waals surface area (Å²) in [5.74, 6) is -0.908. The van der Waals surface area contributed by atoms with Crippen molar-refractivity contribution in [3.8, 4) is 5.69 Å². The molecule has 1 amide bonds. The van der Waals surface area contributed by atoms with Crippen LogP contribution in [0.2, 0.25) is 5.02 Å². The average molecular weight is 368 g/mol. The lowest BCUT2D eigenvalue weighted by atomic mass is 9.98. The topological polar surface area (TPSA) is 73.2 Å². The third-order valence-corrected chi connectivity index (χ3v) is 4.47. The number of carbonyl (C=O) groups excluding carboxylic acids is 2. The van der Waals surface area contributed by atoms with Gasteiger partial charge >= 0.3 is 5.97 Å². The molecule has 0 bridgehead atoms. The fraction of sp³-hybridized carbons (Fsp3) is 0.105. The van der Waals surface area contributed by atoms with E-state index in [1.54, 1.807) is 53.5 Å². The molecule has 1 N–H and O–H groups in total. The van der Waals surface area contributed by atoms with E-state index in [0.717, 1.165) is 5.56 Å². The number of halogens is 1. The molecule has 2 aromatic carbocycles. The van der Waals surface area contributed by atoms with Gasteiger partial charge in [-0.2, -0.15) is 5.10 Å². The van der Waals surface area contributed by atoms with Gasteiger partial charge in [0.1, 0.15) is 5.69 Å². The molecule has 1 atom stereocenters. The van der Waals surface area contributed by atoms with Gasteiger partial charge in [0, 0.05) is 18.8 Å². The summed E-state index contributed by atoms with van der Waals surface area (Å²) >= 11 is 6.28. The molecule has 1 aliphatic rings. The average Bonchev–Trinajstić information content (AvgIpc) is 3.16. The Kier molecular flexibility index (Phi) is 4.18. The summed E-state index contributed by atoms with van der Waals surface area (Å²) in [6.07, 6.45) is 2.77. The van der Waals surface area contributed by atoms with Crippen molar-refractivity contribution in [1.82, 2.24) is 9.78 Å². The number of amides is 1. The van der Waals surface area contributed by atoms with E-state index in [9.17, 15) is 9.59 Å². The van der Waals surface area contributed by atoms with Crippen molar-refractivity contribution in [2.75, 3.05) is 5.32 Å². The largest absolute Gasteiger partial charge is 0.448 e. The van der Waals surface area contributed by atoms with Crippen molar-refractivity contribution in [2.24, 2.45) is 0 Å². The van der Waals surface area contributed by atoms with Crippen molar-refractivity contribution in [3.05, 3.63) is 77.1 Å². The van der Waals surface area contributed by atoms with E-state index in [-0.39, 0.29) is 0 Å². The second kappa shape index (κ2) is 6.65. The lowest BCUT2D eigenvalue weighted by Crippen LogP contribution is -2.38. The Balaban J connectivity index is 1.61. The van der Waals surface area contributed by atoms with Crippen LogP contribution in [0, 0.1) is 0 Å². The Morgan fingerprint density at radius 3 is 2.85 bits per heavy atom. The maximum Gasteiger partial charge on any atom is 0.339 e. The summed E-state index contributed by atoms with van der Waals surface area (Å²) < 4.78 is 6.87. The number of carbonyl (C=O) groups is 2. The lowest BCUT2D eigenvalue weighted by molar-refractivity contribution is -0.125. The highest BCUT2D eigenvalue weighted by molar-refractivity contribution is 6.33. The molecule has 0 aliphatic carbocycles. The van der Waals surface area contributed by atoms with E-state index in [1.807, 2.05) is 12.1 Å². The lowest BCUT2D eigenvalue weighted by Gasteiger charge is -2.24. The van der Waals surface area contributed by atoms with Gasteiger partial charge in [0.15, 0.2) is 6.10 Å². The molecular formula is C19H14ClN3O3. The molecule has 4 rings (SSSR count). The van der Waals surface area contributed by atoms with E-state index < -0.39 is 18.0 Å². The number of anilines is 1. The van der Waals surface area contributed by atoms with Crippen molar-refractivity contribution in [3.63, 3.8) is 0 Å². The van der Waals surface area contributed by atoms with E-state index in [2.05, 4.69) is 10.4 Å². The molecular weight excluding hydrogens is 354 g/mol. The van der Waals surface area contributed by atoms with Crippen molar-refractivity contribution >= 4 is 29.2 Å². The highest BCUT2D eigenvalue weighted by atomic mass is 35.5. The van der Waals surface area contributed by atoms with Crippen LogP contribution >= 0.6 is 11.6 Å². The number of rotatable bonds is 3. The predicted molar refractivity (Wildman–Crippen MR) is 96.6 cm³/mol. The molecule has 1 aromatic heterocycles. The smallest absolute Gasteiger partial charge is 0.339 e. The Hall–Kier alpha value is -3.12. The molecule has 130 valence electrons. The Morgan fingerprint density at radius 2 is 2.04 bits per heavy atom. The first-order chi connectivity index (χ1) is 12.6. The van der Waals surface area contributed by atoms with E-state index >= 15 is 0 Å². The maximum atomic E-state index is 12.7. The van der Waals surface area contributed by atoms with Gasteiger partial charge in [-0.15, -0.1) is 0 Å². The predicted octanol–water partition coefficient (Wildman–Crippen LogP) is 3.25. The van der Waals surface area contributed by atoms with Gasteiger partial charge in [0.25, 0.3) is 5.91 Å². The molecule has 0 radical (unpaired) electrons. The van der Waals surface area contributed by atoms with Crippen molar-refractivity contribution < 1.29 is 14.3 Å². The summed E-state index contributed by atoms with van der Waals surface area (Å²) in [5, 5.41) is 7.41. The number of para-hydroxylation sites is 1. The van der Waals surface area contributed by atoms with Crippen molar-refractivity contribution in [2.45, 2.75) is 12.5 Å². The van der Waals surface area contributed by atoms with Gasteiger partial charge < -0.3 is 10.1 Å². The maximum absolute atomic E-state index is 12.7. The minimum Gasteiger partial charge on any atom is -0.448 e. The monoisotopic (exact) mass is 367 g/mol. The minimum absolute atomic E-state index is 0.325. The van der Waals surface area contributed by atoms with Crippen LogP contribution in [0.4, 0.5) is 5.69 Å². The number of benzene rings is 2. The van der Waals surface area contributed by atoms with Gasteiger partial charge in [0.2, 0.25) is 0 Å². The first kappa shape index (κ1) is 16.4. The van der Waals surface area contributed by atoms with Gasteiger partial charge in [-0.3, -0.25) is 4.79 Å². The molecule has 0 saturated carbocycles. The van der Waals surface area contributed by atoms with Crippen LogP contribution in [-0.2, 0) is 16.0 Å². The zero-order valence-corrected chi connectivity index (χ0v) is 14.3. The fourth-order valence-electron chi connectivity index (χ4n) is 2.94. The van der Waals surface area contributed by atoms with Crippen LogP contribution in [0.25, 0.3) is 5.69 Å². The summed E-state index contributed by atoms with van der Waals surface area (Å²) in [5.41, 5.74) is 2.33. The number of nitrogens with one attached hydrogen (secondary N) is 1. The SMILES string of the molecule is O=C1OC(C(=O)Nc2cccc(Cl)c2-n2cccn2)Cc2ccccc21. The Labute approximate surface area is 154 Å². The number of hydrogen-bond acceptors (Lipinski definition) is 4. The first-order valence-corrected chi connectivity index (χ1v) is 8.39. The van der Waals surface area contributed by atoms with Crippen LogP contribution in [0.15, 0.2) is 60.9 Å². The normalized spacial score (nSPS) is 15.9. The number of aromatic nitrogens is 2. The molecule has 0 spiro atoms. The standard InChI is InChI=1S/C19H14ClN3O3/c20-14-7-3-8-15(17(14)23-10-4-9-21-23)22-18(24)16-11-12-5-1-2-6-13(12)19(25)26-16/h1-10,16H,11H2,(H,22,24). The van der Waals surface area contributed by atoms with E-state index in [0.29, 0.717) is 28.4 Å². The number of cyclic esters (lactones) is 1. The van der Waals surface area contributed by atoms with Gasteiger partial charge in [-0.05, 0) is 29.8 Å². The zero-order chi connectivity index (χ0) is 18.1. The first-order valence-electron chi connectivity index (χ1n) is 8.02. The zero-order valence-electron chi connectivity index (χ0n) is 13.6. The molecule has 1 aliphatic heterocycles. The fourth-order valence-corrected chi connectivity index (χ4v) is 3.20. The van der Waals surface area contributed by atoms with Crippen LogP contribution in [0.1, 0.15) is 15.9 Å². The summed E-state index contributed by atoms with van der Waals surface area (Å²) in [6, 6.07) is 14.0. The quantitative estimate of drug-likeness (QED) is 0.721. The molecule has 1 unspecified atom stereocenters. The molecule has 26 heavy (non-hydrogen) atoms. The van der Waals surface area contributed by atoms with Crippen molar-refractivity contribution in [1.29, 1.82) is 0 Å². The second-order valence-corrected chi connectivity index (χ2v) is 6.24. The third-order valence-electron chi connectivity index (χ3n) is 4.16. The number of hydrogen-bond donors (Lipinski definition) is 1. The van der Waals surface area contributed by atoms with Crippen LogP contribution in [0.3, 0.4) is 0 Å². The molecule has 0 saturated heterocycles. The van der Waals surface area contributed by atoms with E-state index in [4.69, 9.17) is 16.3 Å². The van der Waals surface area contributed by atoms with Crippen LogP contribution < -0.4 is 5.32 Å². The number of fused-ring (bicyclic) bond motifs is 1. The van der Waals surface area contributed by atoms with Gasteiger partial charge in [0.05, 0.1) is 16.3 Å². The summed E-state index contributed by atoms with van der Waals surface area (Å²) in [4.78, 5) is 24.8. The highest BCUT2D eigenvalue weighted by Gasteiger charge is 2.31. The van der Waals surface area contributed by atoms with E-state index in [1.165, 1.54) is 0 Å². The Bertz CT molecular complexity index is 985. The molecule has 2 heterocycles. The van der Waals surface area contributed by atoms with Crippen LogP contribution in [0.5, 0.6) is 0 Å². The summed E-state index contributed by atoms with van der Waals surface area (Å²) in [6.45, 7) is 0. The molecule has 6 nitrogen and oxygen atoms in total. The number of ether oxygens (including phenoxy) is 1. The van der Waals surface area contributed by atoms with Gasteiger partial charge in [-0.1, -0.05) is 35.9 Å². The van der Waals surface area contributed by atoms with Crippen LogP contribution in [-0.4, -0.2) is 27.8 Å². The molecule has 3 aromatic rings. The molecule has 0 fully saturated rings. The molecule has 7 heteroatoms.